The Morgan fingerprint density at radius 2 is 2.07 bits per heavy atom. The molecule has 1 heterocycles. The molecule has 1 fully saturated rings. The summed E-state index contributed by atoms with van der Waals surface area (Å²) in [5.74, 6) is -0.203. The topological polar surface area (TPSA) is 93.1 Å². The third-order valence-electron chi connectivity index (χ3n) is 6.71. The van der Waals surface area contributed by atoms with Gasteiger partial charge < -0.3 is 19.7 Å². The molecule has 3 rings (SSSR count). The van der Waals surface area contributed by atoms with Crippen LogP contribution in [-0.4, -0.2) is 46.6 Å². The molecule has 0 bridgehead atoms. The average Bonchev–Trinajstić information content (AvgIpc) is 2.65. The van der Waals surface area contributed by atoms with Crippen LogP contribution in [0.15, 0.2) is 23.8 Å². The Kier molecular flexibility index (Phi) is 7.17. The Bertz CT molecular complexity index is 668. The minimum absolute atomic E-state index is 0.0237. The van der Waals surface area contributed by atoms with Crippen LogP contribution in [0.2, 0.25) is 0 Å². The predicted molar refractivity (Wildman–Crippen MR) is 108 cm³/mol. The predicted octanol–water partition coefficient (Wildman–Crippen LogP) is 2.92. The van der Waals surface area contributed by atoms with E-state index in [1.54, 1.807) is 0 Å². The molecule has 1 aliphatic heterocycles. The van der Waals surface area contributed by atoms with Gasteiger partial charge in [0.05, 0.1) is 24.5 Å². The molecular formula is C23H34O6. The third kappa shape index (κ3) is 5.28. The van der Waals surface area contributed by atoms with Crippen LogP contribution in [0, 0.1) is 23.7 Å². The molecule has 8 atom stereocenters. The van der Waals surface area contributed by atoms with Gasteiger partial charge >= 0.3 is 11.9 Å². The van der Waals surface area contributed by atoms with Crippen molar-refractivity contribution in [2.75, 3.05) is 0 Å². The lowest BCUT2D eigenvalue weighted by atomic mass is 9.66. The summed E-state index contributed by atoms with van der Waals surface area (Å²) in [5, 5.41) is 20.2. The van der Waals surface area contributed by atoms with E-state index in [1.807, 2.05) is 26.0 Å². The zero-order valence-corrected chi connectivity index (χ0v) is 17.6. The first kappa shape index (κ1) is 22.0. The molecule has 0 aromatic rings. The number of ether oxygens (including phenoxy) is 2. The first-order valence-electron chi connectivity index (χ1n) is 10.9. The maximum absolute atomic E-state index is 12.5. The summed E-state index contributed by atoms with van der Waals surface area (Å²) in [6, 6.07) is 0. The molecule has 0 aromatic heterocycles. The van der Waals surface area contributed by atoms with E-state index in [-0.39, 0.29) is 54.2 Å². The van der Waals surface area contributed by atoms with E-state index in [0.717, 1.165) is 18.4 Å². The van der Waals surface area contributed by atoms with Gasteiger partial charge in [-0.3, -0.25) is 9.59 Å². The van der Waals surface area contributed by atoms with Crippen molar-refractivity contribution in [1.29, 1.82) is 0 Å². The smallest absolute Gasteiger partial charge is 0.308 e. The summed E-state index contributed by atoms with van der Waals surface area (Å²) in [6.07, 6.45) is 7.31. The van der Waals surface area contributed by atoms with Crippen LogP contribution in [0.1, 0.15) is 59.3 Å². The Hall–Kier alpha value is -1.66. The van der Waals surface area contributed by atoms with E-state index in [1.165, 1.54) is 0 Å². The highest BCUT2D eigenvalue weighted by Crippen LogP contribution is 2.44. The summed E-state index contributed by atoms with van der Waals surface area (Å²) in [5.41, 5.74) is 1.02. The van der Waals surface area contributed by atoms with Gasteiger partial charge in [-0.25, -0.2) is 0 Å². The lowest BCUT2D eigenvalue weighted by Crippen LogP contribution is -2.43. The molecule has 162 valence electrons. The number of carbonyl (C=O) groups is 2. The van der Waals surface area contributed by atoms with Crippen LogP contribution in [-0.2, 0) is 19.1 Å². The van der Waals surface area contributed by atoms with Gasteiger partial charge in [-0.1, -0.05) is 39.0 Å². The second-order valence-corrected chi connectivity index (χ2v) is 8.95. The van der Waals surface area contributed by atoms with Crippen molar-refractivity contribution >= 4 is 11.9 Å². The Morgan fingerprint density at radius 3 is 2.76 bits per heavy atom. The zero-order valence-electron chi connectivity index (χ0n) is 17.6. The lowest BCUT2D eigenvalue weighted by Gasteiger charge is -2.43. The Morgan fingerprint density at radius 1 is 1.31 bits per heavy atom. The average molecular weight is 407 g/mol. The van der Waals surface area contributed by atoms with E-state index in [9.17, 15) is 19.8 Å². The Labute approximate surface area is 173 Å². The molecule has 1 saturated heterocycles. The van der Waals surface area contributed by atoms with Crippen molar-refractivity contribution in [3.05, 3.63) is 23.8 Å². The number of allylic oxidation sites excluding steroid dienone is 2. The van der Waals surface area contributed by atoms with Crippen LogP contribution < -0.4 is 0 Å². The van der Waals surface area contributed by atoms with Crippen molar-refractivity contribution in [1.82, 2.24) is 0 Å². The number of aliphatic hydroxyl groups excluding tert-OH is 2. The normalized spacial score (nSPS) is 37.9. The summed E-state index contributed by atoms with van der Waals surface area (Å²) in [6.45, 7) is 5.97. The van der Waals surface area contributed by atoms with Gasteiger partial charge in [0.15, 0.2) is 0 Å². The highest BCUT2D eigenvalue weighted by molar-refractivity contribution is 5.72. The van der Waals surface area contributed by atoms with Crippen molar-refractivity contribution in [3.63, 3.8) is 0 Å². The minimum Gasteiger partial charge on any atom is -0.462 e. The number of aliphatic hydroxyl groups is 2. The summed E-state index contributed by atoms with van der Waals surface area (Å²) < 4.78 is 11.3. The maximum atomic E-state index is 12.5. The Balaban J connectivity index is 1.74. The highest BCUT2D eigenvalue weighted by Gasteiger charge is 2.42. The second kappa shape index (κ2) is 9.43. The van der Waals surface area contributed by atoms with E-state index >= 15 is 0 Å². The summed E-state index contributed by atoms with van der Waals surface area (Å²) in [7, 11) is 0. The fourth-order valence-corrected chi connectivity index (χ4v) is 4.84. The quantitative estimate of drug-likeness (QED) is 0.659. The van der Waals surface area contributed by atoms with E-state index in [4.69, 9.17) is 9.47 Å². The van der Waals surface area contributed by atoms with E-state index in [0.29, 0.717) is 19.3 Å². The van der Waals surface area contributed by atoms with Crippen LogP contribution in [0.25, 0.3) is 0 Å². The van der Waals surface area contributed by atoms with Crippen LogP contribution in [0.5, 0.6) is 0 Å². The maximum Gasteiger partial charge on any atom is 0.308 e. The third-order valence-corrected chi connectivity index (χ3v) is 6.71. The first-order valence-corrected chi connectivity index (χ1v) is 10.9. The van der Waals surface area contributed by atoms with Gasteiger partial charge in [0.2, 0.25) is 0 Å². The number of hydrogen-bond acceptors (Lipinski definition) is 6. The minimum atomic E-state index is -0.630. The molecule has 2 N–H and O–H groups in total. The molecule has 0 aromatic carbocycles. The summed E-state index contributed by atoms with van der Waals surface area (Å²) in [4.78, 5) is 24.1. The molecule has 3 aliphatic rings. The molecule has 2 unspecified atom stereocenters. The molecule has 6 nitrogen and oxygen atoms in total. The lowest BCUT2D eigenvalue weighted by molar-refractivity contribution is -0.162. The van der Waals surface area contributed by atoms with Crippen LogP contribution in [0.3, 0.4) is 0 Å². The van der Waals surface area contributed by atoms with Gasteiger partial charge in [0.25, 0.3) is 0 Å². The standard InChI is InChI=1S/C23H34O6/c1-4-13(2)23(27)29-20-11-16(24)9-15-6-5-14(3)19(22(15)20)8-7-18-10-17(25)12-21(26)28-18/h5-6,9,13-14,16-20,22,24-25H,4,7-8,10-12H2,1-3H3/t13-,14-,16+,17+,18+,19-,20?,22?/m0/s1. The SMILES string of the molecule is CC[C@H](C)C(=O)OC1C[C@H](O)C=C2C=C[C@H](C)[C@H](CC[C@@H]3C[C@@H](O)CC(=O)O3)C21. The summed E-state index contributed by atoms with van der Waals surface area (Å²) >= 11 is 0. The van der Waals surface area contributed by atoms with E-state index < -0.39 is 12.2 Å². The van der Waals surface area contributed by atoms with Crippen molar-refractivity contribution in [3.8, 4) is 0 Å². The molecule has 29 heavy (non-hydrogen) atoms. The number of carbonyl (C=O) groups excluding carboxylic acids is 2. The number of esters is 2. The largest absolute Gasteiger partial charge is 0.462 e. The van der Waals surface area contributed by atoms with Crippen LogP contribution >= 0.6 is 0 Å². The zero-order chi connectivity index (χ0) is 21.1. The second-order valence-electron chi connectivity index (χ2n) is 8.95. The molecule has 0 spiro atoms. The van der Waals surface area contributed by atoms with Crippen molar-refractivity contribution < 1.29 is 29.3 Å². The van der Waals surface area contributed by atoms with Crippen molar-refractivity contribution in [2.24, 2.45) is 23.7 Å². The number of rotatable bonds is 6. The van der Waals surface area contributed by atoms with Gasteiger partial charge in [0.1, 0.15) is 12.2 Å². The van der Waals surface area contributed by atoms with Gasteiger partial charge in [-0.2, -0.15) is 0 Å². The molecular weight excluding hydrogens is 372 g/mol. The van der Waals surface area contributed by atoms with Crippen molar-refractivity contribution in [2.45, 2.75) is 83.7 Å². The van der Waals surface area contributed by atoms with E-state index in [2.05, 4.69) is 13.0 Å². The molecule has 6 heteroatoms. The number of fused-ring (bicyclic) bond motifs is 1. The first-order chi connectivity index (χ1) is 13.8. The number of hydrogen-bond donors (Lipinski definition) is 2. The van der Waals surface area contributed by atoms with Gasteiger partial charge in [-0.15, -0.1) is 0 Å². The van der Waals surface area contributed by atoms with Gasteiger partial charge in [-0.05, 0) is 36.7 Å². The molecule has 2 aliphatic carbocycles. The fourth-order valence-electron chi connectivity index (χ4n) is 4.84. The molecule has 0 amide bonds. The number of cyclic esters (lactones) is 1. The molecule has 0 radical (unpaired) electrons. The highest BCUT2D eigenvalue weighted by atomic mass is 16.6. The monoisotopic (exact) mass is 406 g/mol. The fraction of sp³-hybridized carbons (Fsp3) is 0.739. The van der Waals surface area contributed by atoms with Crippen LogP contribution in [0.4, 0.5) is 0 Å². The molecule has 0 saturated carbocycles. The van der Waals surface area contributed by atoms with Gasteiger partial charge in [0, 0.05) is 18.8 Å².